The Kier molecular flexibility index (Phi) is 2.13. The zero-order valence-electron chi connectivity index (χ0n) is 8.19. The topological polar surface area (TPSA) is 47.3 Å². The van der Waals surface area contributed by atoms with Gasteiger partial charge in [-0.2, -0.15) is 0 Å². The predicted molar refractivity (Wildman–Crippen MR) is 53.2 cm³/mol. The number of aliphatic hydroxyl groups is 1. The summed E-state index contributed by atoms with van der Waals surface area (Å²) < 4.78 is 6.94. The first-order valence-electron chi connectivity index (χ1n) is 4.36. The second-order valence-corrected chi connectivity index (χ2v) is 3.11. The Morgan fingerprint density at radius 2 is 2.29 bits per heavy atom. The fraction of sp³-hybridized carbons (Fsp3) is 0.300. The average molecular weight is 192 g/mol. The molecule has 2 heterocycles. The van der Waals surface area contributed by atoms with Crippen molar-refractivity contribution < 1.29 is 9.84 Å². The second-order valence-electron chi connectivity index (χ2n) is 3.11. The summed E-state index contributed by atoms with van der Waals surface area (Å²) in [4.78, 5) is 4.27. The van der Waals surface area contributed by atoms with Crippen LogP contribution in [-0.4, -0.2) is 21.8 Å². The van der Waals surface area contributed by atoms with Crippen molar-refractivity contribution in [2.75, 3.05) is 7.11 Å². The summed E-state index contributed by atoms with van der Waals surface area (Å²) in [5.41, 5.74) is 2.69. The fourth-order valence-corrected chi connectivity index (χ4v) is 1.51. The van der Waals surface area contributed by atoms with Gasteiger partial charge in [-0.05, 0) is 12.1 Å². The molecular weight excluding hydrogens is 180 g/mol. The number of hydrogen-bond donors (Lipinski definition) is 1. The maximum atomic E-state index is 9.07. The van der Waals surface area contributed by atoms with Crippen LogP contribution in [0.3, 0.4) is 0 Å². The van der Waals surface area contributed by atoms with E-state index in [2.05, 4.69) is 4.98 Å². The third-order valence-electron chi connectivity index (χ3n) is 2.34. The van der Waals surface area contributed by atoms with Crippen molar-refractivity contribution in [1.29, 1.82) is 0 Å². The number of aliphatic hydroxyl groups excluding tert-OH is 1. The van der Waals surface area contributed by atoms with Crippen LogP contribution in [0.4, 0.5) is 0 Å². The van der Waals surface area contributed by atoms with Crippen LogP contribution in [0.2, 0.25) is 0 Å². The van der Waals surface area contributed by atoms with E-state index in [1.165, 1.54) is 0 Å². The van der Waals surface area contributed by atoms with Gasteiger partial charge in [0.05, 0.1) is 24.8 Å². The van der Waals surface area contributed by atoms with Gasteiger partial charge in [0.15, 0.2) is 0 Å². The van der Waals surface area contributed by atoms with Gasteiger partial charge in [-0.1, -0.05) is 0 Å². The normalized spacial score (nSPS) is 10.8. The zero-order chi connectivity index (χ0) is 10.1. The lowest BCUT2D eigenvalue weighted by atomic mass is 10.4. The van der Waals surface area contributed by atoms with Gasteiger partial charge in [0.1, 0.15) is 0 Å². The van der Waals surface area contributed by atoms with Crippen LogP contribution < -0.4 is 4.74 Å². The molecule has 14 heavy (non-hydrogen) atoms. The van der Waals surface area contributed by atoms with Crippen molar-refractivity contribution in [3.63, 3.8) is 0 Å². The standard InChI is InChI=1S/C10H12N2O2/c1-12-7(6-13)5-8-9(12)3-4-10(11-8)14-2/h3-5,13H,6H2,1-2H3. The molecule has 4 nitrogen and oxygen atoms in total. The Balaban J connectivity index is 2.66. The molecule has 0 aliphatic carbocycles. The summed E-state index contributed by atoms with van der Waals surface area (Å²) in [6.45, 7) is 0.0230. The summed E-state index contributed by atoms with van der Waals surface area (Å²) in [5.74, 6) is 0.590. The van der Waals surface area contributed by atoms with Crippen molar-refractivity contribution in [3.8, 4) is 5.88 Å². The van der Waals surface area contributed by atoms with Crippen LogP contribution in [0, 0.1) is 0 Å². The Hall–Kier alpha value is -1.55. The Labute approximate surface area is 81.8 Å². The highest BCUT2D eigenvalue weighted by molar-refractivity contribution is 5.77. The largest absolute Gasteiger partial charge is 0.481 e. The van der Waals surface area contributed by atoms with Gasteiger partial charge in [-0.15, -0.1) is 0 Å². The molecule has 0 fully saturated rings. The van der Waals surface area contributed by atoms with E-state index in [4.69, 9.17) is 9.84 Å². The molecule has 0 amide bonds. The van der Waals surface area contributed by atoms with Gasteiger partial charge in [0.2, 0.25) is 5.88 Å². The molecule has 2 aromatic rings. The molecule has 0 saturated carbocycles. The molecule has 74 valence electrons. The lowest BCUT2D eigenvalue weighted by Gasteiger charge is -2.00. The van der Waals surface area contributed by atoms with Crippen LogP contribution in [-0.2, 0) is 13.7 Å². The number of ether oxygens (including phenoxy) is 1. The summed E-state index contributed by atoms with van der Waals surface area (Å²) in [6.07, 6.45) is 0. The Morgan fingerprint density at radius 3 is 2.93 bits per heavy atom. The van der Waals surface area contributed by atoms with Gasteiger partial charge in [-0.3, -0.25) is 0 Å². The summed E-state index contributed by atoms with van der Waals surface area (Å²) in [6, 6.07) is 5.60. The SMILES string of the molecule is COc1ccc2c(cc(CO)n2C)n1. The van der Waals surface area contributed by atoms with E-state index in [-0.39, 0.29) is 6.61 Å². The van der Waals surface area contributed by atoms with E-state index >= 15 is 0 Å². The van der Waals surface area contributed by atoms with E-state index < -0.39 is 0 Å². The maximum absolute atomic E-state index is 9.07. The highest BCUT2D eigenvalue weighted by Crippen LogP contribution is 2.19. The number of aryl methyl sites for hydroxylation is 1. The average Bonchev–Trinajstić information content (AvgIpc) is 2.55. The first-order valence-corrected chi connectivity index (χ1v) is 4.36. The van der Waals surface area contributed by atoms with Crippen LogP contribution in [0.5, 0.6) is 5.88 Å². The molecule has 0 atom stereocenters. The Bertz CT molecular complexity index is 462. The van der Waals surface area contributed by atoms with Crippen LogP contribution in [0.25, 0.3) is 11.0 Å². The third kappa shape index (κ3) is 1.24. The minimum Gasteiger partial charge on any atom is -0.481 e. The van der Waals surface area contributed by atoms with Gasteiger partial charge >= 0.3 is 0 Å². The van der Waals surface area contributed by atoms with E-state index in [0.717, 1.165) is 16.7 Å². The molecule has 0 unspecified atom stereocenters. The molecule has 0 aliphatic rings. The second kappa shape index (κ2) is 3.31. The molecule has 0 bridgehead atoms. The summed E-state index contributed by atoms with van der Waals surface area (Å²) in [5, 5.41) is 9.07. The minimum atomic E-state index is 0.0230. The van der Waals surface area contributed by atoms with Gasteiger partial charge < -0.3 is 14.4 Å². The highest BCUT2D eigenvalue weighted by atomic mass is 16.5. The summed E-state index contributed by atoms with van der Waals surface area (Å²) in [7, 11) is 3.49. The molecule has 0 saturated heterocycles. The first kappa shape index (κ1) is 9.02. The van der Waals surface area contributed by atoms with Crippen molar-refractivity contribution in [1.82, 2.24) is 9.55 Å². The van der Waals surface area contributed by atoms with E-state index in [1.807, 2.05) is 29.8 Å². The lowest BCUT2D eigenvalue weighted by molar-refractivity contribution is 0.273. The highest BCUT2D eigenvalue weighted by Gasteiger charge is 2.06. The van der Waals surface area contributed by atoms with Crippen LogP contribution in [0.1, 0.15) is 5.69 Å². The molecule has 2 rings (SSSR count). The quantitative estimate of drug-likeness (QED) is 0.774. The van der Waals surface area contributed by atoms with Crippen molar-refractivity contribution in [3.05, 3.63) is 23.9 Å². The van der Waals surface area contributed by atoms with E-state index in [1.54, 1.807) is 7.11 Å². The molecular formula is C10H12N2O2. The lowest BCUT2D eigenvalue weighted by Crippen LogP contribution is -1.94. The van der Waals surface area contributed by atoms with Crippen molar-refractivity contribution in [2.45, 2.75) is 6.61 Å². The molecule has 0 aromatic carbocycles. The van der Waals surface area contributed by atoms with Gasteiger partial charge in [0, 0.05) is 18.8 Å². The molecule has 0 spiro atoms. The van der Waals surface area contributed by atoms with Gasteiger partial charge in [0.25, 0.3) is 0 Å². The number of fused-ring (bicyclic) bond motifs is 1. The molecule has 0 radical (unpaired) electrons. The number of hydrogen-bond acceptors (Lipinski definition) is 3. The number of aromatic nitrogens is 2. The first-order chi connectivity index (χ1) is 6.76. The predicted octanol–water partition coefficient (Wildman–Crippen LogP) is 1.07. The number of methoxy groups -OCH3 is 1. The number of rotatable bonds is 2. The molecule has 4 heteroatoms. The number of pyridine rings is 1. The van der Waals surface area contributed by atoms with Crippen molar-refractivity contribution >= 4 is 11.0 Å². The smallest absolute Gasteiger partial charge is 0.213 e. The maximum Gasteiger partial charge on any atom is 0.213 e. The summed E-state index contributed by atoms with van der Waals surface area (Å²) >= 11 is 0. The monoisotopic (exact) mass is 192 g/mol. The van der Waals surface area contributed by atoms with Crippen LogP contribution in [0.15, 0.2) is 18.2 Å². The van der Waals surface area contributed by atoms with E-state index in [9.17, 15) is 0 Å². The molecule has 2 aromatic heterocycles. The fourth-order valence-electron chi connectivity index (χ4n) is 1.51. The minimum absolute atomic E-state index is 0.0230. The Morgan fingerprint density at radius 1 is 1.50 bits per heavy atom. The van der Waals surface area contributed by atoms with E-state index in [0.29, 0.717) is 5.88 Å². The van der Waals surface area contributed by atoms with Crippen LogP contribution >= 0.6 is 0 Å². The third-order valence-corrected chi connectivity index (χ3v) is 2.34. The zero-order valence-corrected chi connectivity index (χ0v) is 8.19. The van der Waals surface area contributed by atoms with Crippen molar-refractivity contribution in [2.24, 2.45) is 7.05 Å². The molecule has 1 N–H and O–H groups in total. The molecule has 0 aliphatic heterocycles. The van der Waals surface area contributed by atoms with Gasteiger partial charge in [-0.25, -0.2) is 4.98 Å². The number of nitrogens with zero attached hydrogens (tertiary/aromatic N) is 2.